The summed E-state index contributed by atoms with van der Waals surface area (Å²) in [4.78, 5) is 0. The van der Waals surface area contributed by atoms with E-state index < -0.39 is 24.2 Å². The van der Waals surface area contributed by atoms with E-state index in [9.17, 15) is 26.3 Å². The zero-order valence-corrected chi connectivity index (χ0v) is 9.57. The summed E-state index contributed by atoms with van der Waals surface area (Å²) >= 11 is 5.48. The van der Waals surface area contributed by atoms with Gasteiger partial charge in [-0.15, -0.1) is 0 Å². The number of nitriles is 1. The van der Waals surface area contributed by atoms with E-state index in [-0.39, 0.29) is 10.6 Å². The van der Waals surface area contributed by atoms with Crippen LogP contribution in [-0.2, 0) is 0 Å². The normalized spacial score (nSPS) is 12.4. The molecular formula is C10H4ClF6NO. The van der Waals surface area contributed by atoms with E-state index in [0.717, 1.165) is 12.1 Å². The van der Waals surface area contributed by atoms with Crippen LogP contribution in [0.4, 0.5) is 26.3 Å². The molecule has 0 heterocycles. The van der Waals surface area contributed by atoms with Crippen LogP contribution in [0, 0.1) is 11.3 Å². The van der Waals surface area contributed by atoms with Gasteiger partial charge in [0.25, 0.3) is 6.10 Å². The standard InChI is InChI=1S/C10H4ClF6NO/c11-7-3-6(2-1-5(7)4-18)19-8(9(12,13)14)10(15,16)17/h1-3,8H. The topological polar surface area (TPSA) is 33.0 Å². The highest BCUT2D eigenvalue weighted by atomic mass is 35.5. The Kier molecular flexibility index (Phi) is 4.20. The van der Waals surface area contributed by atoms with Gasteiger partial charge in [-0.05, 0) is 12.1 Å². The number of ether oxygens (including phenoxy) is 1. The summed E-state index contributed by atoms with van der Waals surface area (Å²) in [5.74, 6) is -0.733. The fraction of sp³-hybridized carbons (Fsp3) is 0.300. The summed E-state index contributed by atoms with van der Waals surface area (Å²) in [6.45, 7) is 0. The lowest BCUT2D eigenvalue weighted by Gasteiger charge is -2.23. The Morgan fingerprint density at radius 1 is 1.11 bits per heavy atom. The van der Waals surface area contributed by atoms with Gasteiger partial charge in [0.1, 0.15) is 11.8 Å². The molecule has 9 heteroatoms. The highest BCUT2D eigenvalue weighted by Crippen LogP contribution is 2.37. The minimum atomic E-state index is -5.61. The van der Waals surface area contributed by atoms with Gasteiger partial charge >= 0.3 is 12.4 Å². The molecule has 0 saturated heterocycles. The molecule has 1 rings (SSSR count). The molecule has 0 N–H and O–H groups in total. The van der Waals surface area contributed by atoms with E-state index >= 15 is 0 Å². The van der Waals surface area contributed by atoms with Crippen LogP contribution in [0.5, 0.6) is 5.75 Å². The lowest BCUT2D eigenvalue weighted by molar-refractivity contribution is -0.299. The first-order chi connectivity index (χ1) is 8.55. The maximum atomic E-state index is 12.2. The molecule has 0 atom stereocenters. The van der Waals surface area contributed by atoms with Crippen molar-refractivity contribution in [1.82, 2.24) is 0 Å². The van der Waals surface area contributed by atoms with Gasteiger partial charge in [0, 0.05) is 6.07 Å². The molecule has 0 aliphatic carbocycles. The molecule has 19 heavy (non-hydrogen) atoms. The van der Waals surface area contributed by atoms with Gasteiger partial charge in [-0.1, -0.05) is 11.6 Å². The molecule has 0 aliphatic heterocycles. The number of rotatable bonds is 2. The number of hydrogen-bond acceptors (Lipinski definition) is 2. The number of alkyl halides is 6. The molecule has 0 amide bonds. The number of halogens is 7. The summed E-state index contributed by atoms with van der Waals surface area (Å²) in [5.41, 5.74) is -0.0930. The third kappa shape index (κ3) is 3.92. The fourth-order valence-corrected chi connectivity index (χ4v) is 1.33. The first-order valence-electron chi connectivity index (χ1n) is 4.55. The van der Waals surface area contributed by atoms with Gasteiger partial charge < -0.3 is 4.74 Å². The Morgan fingerprint density at radius 3 is 2.00 bits per heavy atom. The molecule has 0 radical (unpaired) electrons. The highest BCUT2D eigenvalue weighted by Gasteiger charge is 2.59. The van der Waals surface area contributed by atoms with Gasteiger partial charge in [-0.2, -0.15) is 31.6 Å². The average molecular weight is 304 g/mol. The lowest BCUT2D eigenvalue weighted by Crippen LogP contribution is -2.46. The van der Waals surface area contributed by atoms with E-state index in [0.29, 0.717) is 6.07 Å². The molecule has 0 unspecified atom stereocenters. The molecule has 0 aromatic heterocycles. The van der Waals surface area contributed by atoms with Crippen LogP contribution in [0.1, 0.15) is 5.56 Å². The first kappa shape index (κ1) is 15.4. The maximum Gasteiger partial charge on any atom is 0.434 e. The van der Waals surface area contributed by atoms with Crippen molar-refractivity contribution < 1.29 is 31.1 Å². The van der Waals surface area contributed by atoms with Crippen molar-refractivity contribution in [3.05, 3.63) is 28.8 Å². The molecule has 2 nitrogen and oxygen atoms in total. The SMILES string of the molecule is N#Cc1ccc(OC(C(F)(F)F)C(F)(F)F)cc1Cl. The smallest absolute Gasteiger partial charge is 0.434 e. The molecule has 0 fully saturated rings. The molecule has 1 aromatic carbocycles. The highest BCUT2D eigenvalue weighted by molar-refractivity contribution is 6.31. The Labute approximate surface area is 108 Å². The van der Waals surface area contributed by atoms with Crippen LogP contribution in [0.3, 0.4) is 0 Å². The van der Waals surface area contributed by atoms with Crippen LogP contribution < -0.4 is 4.74 Å². The number of nitrogens with zero attached hydrogens (tertiary/aromatic N) is 1. The molecule has 0 aliphatic rings. The second kappa shape index (κ2) is 5.17. The molecule has 0 spiro atoms. The molecule has 104 valence electrons. The van der Waals surface area contributed by atoms with Crippen molar-refractivity contribution in [2.24, 2.45) is 0 Å². The first-order valence-corrected chi connectivity index (χ1v) is 4.93. The van der Waals surface area contributed by atoms with Crippen molar-refractivity contribution in [3.63, 3.8) is 0 Å². The minimum absolute atomic E-state index is 0.0930. The van der Waals surface area contributed by atoms with Crippen LogP contribution in [0.15, 0.2) is 18.2 Å². The van der Waals surface area contributed by atoms with E-state index in [4.69, 9.17) is 16.9 Å². The maximum absolute atomic E-state index is 12.2. The molecule has 1 aromatic rings. The molecule has 0 saturated carbocycles. The second-order valence-electron chi connectivity index (χ2n) is 3.33. The third-order valence-electron chi connectivity index (χ3n) is 1.91. The Hall–Kier alpha value is -1.62. The second-order valence-corrected chi connectivity index (χ2v) is 3.74. The Balaban J connectivity index is 3.05. The number of benzene rings is 1. The van der Waals surface area contributed by atoms with Crippen molar-refractivity contribution in [2.75, 3.05) is 0 Å². The zero-order chi connectivity index (χ0) is 14.8. The van der Waals surface area contributed by atoms with E-state index in [2.05, 4.69) is 4.74 Å². The third-order valence-corrected chi connectivity index (χ3v) is 2.22. The number of hydrogen-bond donors (Lipinski definition) is 0. The zero-order valence-electron chi connectivity index (χ0n) is 8.81. The summed E-state index contributed by atoms with van der Waals surface area (Å²) < 4.78 is 77.2. The van der Waals surface area contributed by atoms with Gasteiger partial charge in [0.15, 0.2) is 0 Å². The van der Waals surface area contributed by atoms with Crippen molar-refractivity contribution in [2.45, 2.75) is 18.5 Å². The largest absolute Gasteiger partial charge is 0.471 e. The lowest BCUT2D eigenvalue weighted by atomic mass is 10.2. The predicted octanol–water partition coefficient (Wildman–Crippen LogP) is 4.08. The summed E-state index contributed by atoms with van der Waals surface area (Å²) in [6.07, 6.45) is -15.2. The molecule has 0 bridgehead atoms. The quantitative estimate of drug-likeness (QED) is 0.771. The van der Waals surface area contributed by atoms with Gasteiger partial charge in [0.05, 0.1) is 10.6 Å². The van der Waals surface area contributed by atoms with E-state index in [1.54, 1.807) is 6.07 Å². The average Bonchev–Trinajstić information content (AvgIpc) is 2.23. The van der Waals surface area contributed by atoms with Crippen LogP contribution >= 0.6 is 11.6 Å². The van der Waals surface area contributed by atoms with Gasteiger partial charge in [-0.3, -0.25) is 0 Å². The fourth-order valence-electron chi connectivity index (χ4n) is 1.12. The minimum Gasteiger partial charge on any atom is -0.471 e. The summed E-state index contributed by atoms with van der Waals surface area (Å²) in [5, 5.41) is 8.21. The van der Waals surface area contributed by atoms with Crippen molar-refractivity contribution >= 4 is 11.6 Å². The van der Waals surface area contributed by atoms with Crippen molar-refractivity contribution in [1.29, 1.82) is 5.26 Å². The predicted molar refractivity (Wildman–Crippen MR) is 52.7 cm³/mol. The van der Waals surface area contributed by atoms with Crippen LogP contribution in [-0.4, -0.2) is 18.5 Å². The Morgan fingerprint density at radius 2 is 1.63 bits per heavy atom. The summed E-state index contributed by atoms with van der Waals surface area (Å²) in [7, 11) is 0. The van der Waals surface area contributed by atoms with E-state index in [1.165, 1.54) is 0 Å². The van der Waals surface area contributed by atoms with E-state index in [1.807, 2.05) is 0 Å². The molecular weight excluding hydrogens is 300 g/mol. The monoisotopic (exact) mass is 303 g/mol. The van der Waals surface area contributed by atoms with Crippen LogP contribution in [0.25, 0.3) is 0 Å². The van der Waals surface area contributed by atoms with Crippen LogP contribution in [0.2, 0.25) is 5.02 Å². The Bertz CT molecular complexity index is 490. The van der Waals surface area contributed by atoms with Crippen molar-refractivity contribution in [3.8, 4) is 11.8 Å². The van der Waals surface area contributed by atoms with Gasteiger partial charge in [0.2, 0.25) is 0 Å². The van der Waals surface area contributed by atoms with Gasteiger partial charge in [-0.25, -0.2) is 0 Å². The summed E-state index contributed by atoms with van der Waals surface area (Å²) in [6, 6.07) is 4.08.